The molecule has 3 rings (SSSR count). The van der Waals surface area contributed by atoms with Crippen LogP contribution in [-0.4, -0.2) is 26.5 Å². The zero-order valence-corrected chi connectivity index (χ0v) is 13.2. The Balaban J connectivity index is 1.81. The van der Waals surface area contributed by atoms with E-state index in [0.717, 1.165) is 27.8 Å². The van der Waals surface area contributed by atoms with Gasteiger partial charge in [-0.25, -0.2) is 9.67 Å². The van der Waals surface area contributed by atoms with Gasteiger partial charge in [0.25, 0.3) is 0 Å². The maximum absolute atomic E-state index is 9.21. The minimum absolute atomic E-state index is 0.0560. The summed E-state index contributed by atoms with van der Waals surface area (Å²) < 4.78 is 1.79. The lowest BCUT2D eigenvalue weighted by molar-refractivity contribution is 0.270. The minimum atomic E-state index is 0.0560. The Bertz CT molecular complexity index is 736. The van der Waals surface area contributed by atoms with Crippen molar-refractivity contribution in [3.63, 3.8) is 0 Å². The molecule has 0 bridgehead atoms. The van der Waals surface area contributed by atoms with Crippen LogP contribution < -0.4 is 5.32 Å². The normalized spacial score (nSPS) is 10.8. The molecule has 0 aliphatic rings. The van der Waals surface area contributed by atoms with Crippen LogP contribution in [-0.2, 0) is 13.1 Å². The zero-order valence-electron chi connectivity index (χ0n) is 12.4. The Morgan fingerprint density at radius 1 is 1.27 bits per heavy atom. The summed E-state index contributed by atoms with van der Waals surface area (Å²) in [4.78, 5) is 4.44. The van der Waals surface area contributed by atoms with Gasteiger partial charge in [-0.3, -0.25) is 0 Å². The van der Waals surface area contributed by atoms with Crippen LogP contribution in [0.25, 0.3) is 11.3 Å². The molecule has 6 heteroatoms. The number of aromatic nitrogens is 3. The molecule has 5 nitrogen and oxygen atoms in total. The highest BCUT2D eigenvalue weighted by Crippen LogP contribution is 2.22. The Morgan fingerprint density at radius 2 is 2.09 bits per heavy atom. The number of nitrogens with one attached hydrogen (secondary N) is 1. The lowest BCUT2D eigenvalue weighted by atomic mass is 10.2. The molecule has 0 saturated heterocycles. The Hall–Kier alpha value is -2.18. The highest BCUT2D eigenvalue weighted by molar-refractivity contribution is 7.09. The molecule has 0 atom stereocenters. The molecule has 2 N–H and O–H groups in total. The van der Waals surface area contributed by atoms with Crippen molar-refractivity contribution in [3.8, 4) is 11.3 Å². The van der Waals surface area contributed by atoms with E-state index in [-0.39, 0.29) is 6.61 Å². The Labute approximate surface area is 133 Å². The van der Waals surface area contributed by atoms with Gasteiger partial charge in [-0.2, -0.15) is 5.10 Å². The fourth-order valence-corrected chi connectivity index (χ4v) is 2.86. The third kappa shape index (κ3) is 3.35. The van der Waals surface area contributed by atoms with E-state index >= 15 is 0 Å². The number of hydrogen-bond donors (Lipinski definition) is 2. The Kier molecular flexibility index (Phi) is 4.50. The smallest absolute Gasteiger partial charge is 0.125 e. The molecule has 0 unspecified atom stereocenters. The zero-order chi connectivity index (χ0) is 15.4. The average Bonchev–Trinajstić information content (AvgIpc) is 3.13. The number of nitrogens with zero attached hydrogens (tertiary/aromatic N) is 3. The van der Waals surface area contributed by atoms with Crippen LogP contribution in [0.5, 0.6) is 0 Å². The first-order valence-corrected chi connectivity index (χ1v) is 8.03. The highest BCUT2D eigenvalue weighted by Gasteiger charge is 2.09. The van der Waals surface area contributed by atoms with Gasteiger partial charge in [0.1, 0.15) is 5.82 Å². The summed E-state index contributed by atoms with van der Waals surface area (Å²) in [6.45, 7) is 3.17. The summed E-state index contributed by atoms with van der Waals surface area (Å²) in [5, 5.41) is 20.2. The predicted molar refractivity (Wildman–Crippen MR) is 88.9 cm³/mol. The second kappa shape index (κ2) is 6.72. The maximum Gasteiger partial charge on any atom is 0.125 e. The first-order valence-electron chi connectivity index (χ1n) is 7.15. The van der Waals surface area contributed by atoms with Crippen LogP contribution in [0, 0.1) is 6.92 Å². The van der Waals surface area contributed by atoms with E-state index < -0.39 is 0 Å². The number of aliphatic hydroxyl groups excluding tert-OH is 1. The number of rotatable bonds is 6. The van der Waals surface area contributed by atoms with E-state index in [4.69, 9.17) is 0 Å². The molecule has 0 aliphatic carbocycles. The van der Waals surface area contributed by atoms with Gasteiger partial charge in [0, 0.05) is 17.0 Å². The molecule has 0 saturated carbocycles. The van der Waals surface area contributed by atoms with Gasteiger partial charge in [-0.15, -0.1) is 11.3 Å². The first kappa shape index (κ1) is 14.7. The standard InChI is InChI=1S/C16H18N4OS/c1-12-18-14(11-22-12)10-17-16-9-15(19-20(16)7-8-21)13-5-3-2-4-6-13/h2-6,9,11,17,21H,7-8,10H2,1H3. The van der Waals surface area contributed by atoms with Gasteiger partial charge in [0.05, 0.1) is 36.1 Å². The van der Waals surface area contributed by atoms with Gasteiger partial charge >= 0.3 is 0 Å². The van der Waals surface area contributed by atoms with E-state index in [2.05, 4.69) is 15.4 Å². The quantitative estimate of drug-likeness (QED) is 0.734. The maximum atomic E-state index is 9.21. The number of hydrogen-bond acceptors (Lipinski definition) is 5. The van der Waals surface area contributed by atoms with Crippen molar-refractivity contribution in [2.45, 2.75) is 20.0 Å². The first-order chi connectivity index (χ1) is 10.8. The molecular formula is C16H18N4OS. The van der Waals surface area contributed by atoms with Crippen LogP contribution in [0.15, 0.2) is 41.8 Å². The van der Waals surface area contributed by atoms with Crippen molar-refractivity contribution >= 4 is 17.2 Å². The van der Waals surface area contributed by atoms with E-state index in [1.807, 2.05) is 48.7 Å². The van der Waals surface area contributed by atoms with E-state index in [1.165, 1.54) is 0 Å². The molecule has 0 spiro atoms. The van der Waals surface area contributed by atoms with Gasteiger partial charge < -0.3 is 10.4 Å². The summed E-state index contributed by atoms with van der Waals surface area (Å²) in [5.74, 6) is 0.888. The third-order valence-corrected chi connectivity index (χ3v) is 4.10. The molecule has 2 heterocycles. The molecule has 0 aliphatic heterocycles. The van der Waals surface area contributed by atoms with Crippen molar-refractivity contribution in [3.05, 3.63) is 52.5 Å². The van der Waals surface area contributed by atoms with Crippen molar-refractivity contribution in [2.75, 3.05) is 11.9 Å². The fourth-order valence-electron chi connectivity index (χ4n) is 2.24. The second-order valence-electron chi connectivity index (χ2n) is 4.94. The topological polar surface area (TPSA) is 63.0 Å². The number of aryl methyl sites for hydroxylation is 1. The minimum Gasteiger partial charge on any atom is -0.394 e. The summed E-state index contributed by atoms with van der Waals surface area (Å²) in [5.41, 5.74) is 2.97. The van der Waals surface area contributed by atoms with Crippen LogP contribution in [0.1, 0.15) is 10.7 Å². The molecule has 0 fully saturated rings. The molecule has 114 valence electrons. The summed E-state index contributed by atoms with van der Waals surface area (Å²) in [7, 11) is 0. The SMILES string of the molecule is Cc1nc(CNc2cc(-c3ccccc3)nn2CCO)cs1. The number of benzene rings is 1. The van der Waals surface area contributed by atoms with E-state index in [1.54, 1.807) is 16.0 Å². The highest BCUT2D eigenvalue weighted by atomic mass is 32.1. The van der Waals surface area contributed by atoms with Crippen molar-refractivity contribution < 1.29 is 5.11 Å². The molecule has 3 aromatic rings. The van der Waals surface area contributed by atoms with Crippen LogP contribution in [0.2, 0.25) is 0 Å². The van der Waals surface area contributed by atoms with Crippen molar-refractivity contribution in [1.82, 2.24) is 14.8 Å². The third-order valence-electron chi connectivity index (χ3n) is 3.28. The van der Waals surface area contributed by atoms with Gasteiger partial charge in [-0.05, 0) is 6.92 Å². The molecule has 2 aromatic heterocycles. The molecule has 0 radical (unpaired) electrons. The molecule has 1 aromatic carbocycles. The largest absolute Gasteiger partial charge is 0.394 e. The number of thiazole rings is 1. The lowest BCUT2D eigenvalue weighted by Gasteiger charge is -2.07. The lowest BCUT2D eigenvalue weighted by Crippen LogP contribution is -2.10. The number of aliphatic hydroxyl groups is 1. The predicted octanol–water partition coefficient (Wildman–Crippen LogP) is 2.92. The van der Waals surface area contributed by atoms with E-state index in [9.17, 15) is 5.11 Å². The summed E-state index contributed by atoms with van der Waals surface area (Å²) >= 11 is 1.64. The summed E-state index contributed by atoms with van der Waals surface area (Å²) in [6, 6.07) is 12.0. The van der Waals surface area contributed by atoms with Crippen LogP contribution in [0.4, 0.5) is 5.82 Å². The van der Waals surface area contributed by atoms with E-state index in [0.29, 0.717) is 13.1 Å². The number of anilines is 1. The molecule has 22 heavy (non-hydrogen) atoms. The fraction of sp³-hybridized carbons (Fsp3) is 0.250. The molecular weight excluding hydrogens is 296 g/mol. The average molecular weight is 314 g/mol. The van der Waals surface area contributed by atoms with Crippen molar-refractivity contribution in [2.24, 2.45) is 0 Å². The molecule has 0 amide bonds. The van der Waals surface area contributed by atoms with Crippen LogP contribution in [0.3, 0.4) is 0 Å². The van der Waals surface area contributed by atoms with Crippen LogP contribution >= 0.6 is 11.3 Å². The van der Waals surface area contributed by atoms with Crippen molar-refractivity contribution in [1.29, 1.82) is 0 Å². The van der Waals surface area contributed by atoms with Gasteiger partial charge in [0.15, 0.2) is 0 Å². The van der Waals surface area contributed by atoms with Gasteiger partial charge in [-0.1, -0.05) is 30.3 Å². The van der Waals surface area contributed by atoms with Gasteiger partial charge in [0.2, 0.25) is 0 Å². The second-order valence-corrected chi connectivity index (χ2v) is 6.00. The summed E-state index contributed by atoms with van der Waals surface area (Å²) in [6.07, 6.45) is 0. The Morgan fingerprint density at radius 3 is 2.77 bits per heavy atom. The monoisotopic (exact) mass is 314 g/mol.